The van der Waals surface area contributed by atoms with Crippen molar-refractivity contribution in [1.29, 1.82) is 0 Å². The first kappa shape index (κ1) is 24.1. The monoisotopic (exact) mass is 489 g/mol. The van der Waals surface area contributed by atoms with Gasteiger partial charge in [-0.25, -0.2) is 10.1 Å². The number of carbonyl (C=O) groups excluding carboxylic acids is 2. The molecule has 2 heterocycles. The summed E-state index contributed by atoms with van der Waals surface area (Å²) >= 11 is 0. The van der Waals surface area contributed by atoms with Crippen LogP contribution >= 0.6 is 0 Å². The summed E-state index contributed by atoms with van der Waals surface area (Å²) in [6, 6.07) is 14.0. The lowest BCUT2D eigenvalue weighted by molar-refractivity contribution is -0.114. The van der Waals surface area contributed by atoms with Gasteiger partial charge < -0.3 is 15.8 Å². The van der Waals surface area contributed by atoms with Crippen LogP contribution in [0.2, 0.25) is 0 Å². The number of nitrogen functional groups attached to an aromatic ring is 1. The number of aromatic nitrogens is 5. The number of ether oxygens (including phenoxy) is 1. The number of amides is 2. The van der Waals surface area contributed by atoms with E-state index in [0.29, 0.717) is 34.9 Å². The van der Waals surface area contributed by atoms with Crippen molar-refractivity contribution < 1.29 is 19.0 Å². The van der Waals surface area contributed by atoms with Crippen LogP contribution in [0.1, 0.15) is 36.3 Å². The average molecular weight is 489 g/mol. The molecule has 0 aliphatic rings. The van der Waals surface area contributed by atoms with Crippen LogP contribution in [-0.4, -0.2) is 49.9 Å². The van der Waals surface area contributed by atoms with Gasteiger partial charge in [0.2, 0.25) is 17.5 Å². The summed E-state index contributed by atoms with van der Waals surface area (Å²) in [4.78, 5) is 24.1. The van der Waals surface area contributed by atoms with Gasteiger partial charge in [0.05, 0.1) is 12.8 Å². The number of carbonyl (C=O) groups is 2. The zero-order valence-electron chi connectivity index (χ0n) is 19.5. The molecule has 0 atom stereocenters. The van der Waals surface area contributed by atoms with Crippen LogP contribution in [0.5, 0.6) is 5.75 Å². The molecule has 0 radical (unpaired) electrons. The number of anilines is 2. The van der Waals surface area contributed by atoms with Crippen molar-refractivity contribution in [1.82, 2.24) is 30.7 Å². The van der Waals surface area contributed by atoms with Crippen LogP contribution in [0.4, 0.5) is 11.5 Å². The van der Waals surface area contributed by atoms with Crippen LogP contribution in [0.15, 0.2) is 58.3 Å². The number of nitrogens with one attached hydrogen (secondary N) is 2. The first-order valence-electron chi connectivity index (χ1n) is 10.9. The summed E-state index contributed by atoms with van der Waals surface area (Å²) in [6.07, 6.45) is 2.33. The molecule has 0 aliphatic heterocycles. The Labute approximate surface area is 205 Å². The van der Waals surface area contributed by atoms with Crippen molar-refractivity contribution in [2.24, 2.45) is 5.10 Å². The summed E-state index contributed by atoms with van der Waals surface area (Å²) in [5.74, 6) is -0.0211. The van der Waals surface area contributed by atoms with Gasteiger partial charge in [0.25, 0.3) is 5.91 Å². The summed E-state index contributed by atoms with van der Waals surface area (Å²) in [5, 5.41) is 22.1. The molecule has 13 heteroatoms. The largest absolute Gasteiger partial charge is 0.494 e. The fraction of sp³-hybridized carbons (Fsp3) is 0.174. The van der Waals surface area contributed by atoms with Gasteiger partial charge in [0.15, 0.2) is 5.69 Å². The molecule has 4 rings (SSSR count). The quantitative estimate of drug-likeness (QED) is 0.235. The molecule has 0 unspecified atom stereocenters. The molecule has 36 heavy (non-hydrogen) atoms. The first-order chi connectivity index (χ1) is 17.5. The molecule has 4 N–H and O–H groups in total. The highest BCUT2D eigenvalue weighted by Gasteiger charge is 2.25. The van der Waals surface area contributed by atoms with Gasteiger partial charge >= 0.3 is 0 Å². The highest BCUT2D eigenvalue weighted by molar-refractivity contribution is 5.99. The third-order valence-corrected chi connectivity index (χ3v) is 4.79. The van der Waals surface area contributed by atoms with Crippen molar-refractivity contribution >= 4 is 29.5 Å². The third kappa shape index (κ3) is 5.52. The summed E-state index contributed by atoms with van der Waals surface area (Å²) < 4.78 is 11.6. The van der Waals surface area contributed by atoms with Crippen molar-refractivity contribution in [3.8, 4) is 22.8 Å². The van der Waals surface area contributed by atoms with E-state index in [1.165, 1.54) is 17.8 Å². The van der Waals surface area contributed by atoms with E-state index in [1.807, 2.05) is 6.92 Å². The minimum Gasteiger partial charge on any atom is -0.494 e. The maximum Gasteiger partial charge on any atom is 0.294 e. The SMILES string of the molecule is CCCOc1ccc(-c2c(C(=O)NN=Cc3ccc(NC(C)=O)cc3)nnn2-c2nonc2N)cc1. The second-order valence-corrected chi connectivity index (χ2v) is 7.55. The summed E-state index contributed by atoms with van der Waals surface area (Å²) in [7, 11) is 0. The normalized spacial score (nSPS) is 10.9. The van der Waals surface area contributed by atoms with Gasteiger partial charge in [0, 0.05) is 18.2 Å². The molecule has 2 aromatic heterocycles. The van der Waals surface area contributed by atoms with E-state index in [0.717, 1.165) is 6.42 Å². The standard InChI is InChI=1S/C23H23N9O4/c1-3-12-35-18-10-6-16(7-11-18)20-19(27-31-32(20)22-21(24)29-36-30-22)23(34)28-25-13-15-4-8-17(9-5-15)26-14(2)33/h4-11,13H,3,12H2,1-2H3,(H2,24,29)(H,26,33)(H,28,34). The number of benzene rings is 2. The minimum absolute atomic E-state index is 0.0159. The lowest BCUT2D eigenvalue weighted by atomic mass is 10.1. The number of hydrazone groups is 1. The molecule has 184 valence electrons. The molecule has 0 aliphatic carbocycles. The highest BCUT2D eigenvalue weighted by atomic mass is 16.6. The summed E-state index contributed by atoms with van der Waals surface area (Å²) in [6.45, 7) is 4.03. The Morgan fingerprint density at radius 3 is 2.53 bits per heavy atom. The Bertz CT molecular complexity index is 1380. The van der Waals surface area contributed by atoms with Gasteiger partial charge in [-0.15, -0.1) is 5.10 Å². The van der Waals surface area contributed by atoms with E-state index in [4.69, 9.17) is 10.5 Å². The van der Waals surface area contributed by atoms with Crippen LogP contribution in [-0.2, 0) is 4.79 Å². The number of rotatable bonds is 9. The lowest BCUT2D eigenvalue weighted by Crippen LogP contribution is -2.19. The Balaban J connectivity index is 1.58. The van der Waals surface area contributed by atoms with Gasteiger partial charge in [-0.3, -0.25) is 9.59 Å². The van der Waals surface area contributed by atoms with E-state index in [-0.39, 0.29) is 23.2 Å². The van der Waals surface area contributed by atoms with Crippen molar-refractivity contribution in [2.45, 2.75) is 20.3 Å². The second-order valence-electron chi connectivity index (χ2n) is 7.55. The lowest BCUT2D eigenvalue weighted by Gasteiger charge is -2.08. The van der Waals surface area contributed by atoms with E-state index >= 15 is 0 Å². The van der Waals surface area contributed by atoms with E-state index in [1.54, 1.807) is 48.5 Å². The Hall–Kier alpha value is -5.07. The average Bonchev–Trinajstić information content (AvgIpc) is 3.49. The molecule has 0 saturated heterocycles. The van der Waals surface area contributed by atoms with Crippen LogP contribution < -0.4 is 21.2 Å². The summed E-state index contributed by atoms with van der Waals surface area (Å²) in [5.41, 5.74) is 10.5. The van der Waals surface area contributed by atoms with Gasteiger partial charge in [-0.1, -0.05) is 24.3 Å². The number of nitrogens with zero attached hydrogens (tertiary/aromatic N) is 6. The highest BCUT2D eigenvalue weighted by Crippen LogP contribution is 2.28. The molecule has 13 nitrogen and oxygen atoms in total. The molecular weight excluding hydrogens is 466 g/mol. The molecule has 0 spiro atoms. The van der Waals surface area contributed by atoms with E-state index in [2.05, 4.69) is 41.1 Å². The zero-order chi connectivity index (χ0) is 25.5. The van der Waals surface area contributed by atoms with Gasteiger partial charge in [-0.05, 0) is 58.7 Å². The molecule has 0 bridgehead atoms. The smallest absolute Gasteiger partial charge is 0.294 e. The molecular formula is C23H23N9O4. The van der Waals surface area contributed by atoms with Crippen molar-refractivity contribution in [2.75, 3.05) is 17.7 Å². The van der Waals surface area contributed by atoms with E-state index in [9.17, 15) is 9.59 Å². The fourth-order valence-corrected chi connectivity index (χ4v) is 3.18. The minimum atomic E-state index is -0.608. The van der Waals surface area contributed by atoms with Crippen molar-refractivity contribution in [3.05, 3.63) is 59.8 Å². The molecule has 2 amide bonds. The molecule has 0 fully saturated rings. The molecule has 2 aromatic carbocycles. The predicted octanol–water partition coefficient (Wildman–Crippen LogP) is 2.41. The Morgan fingerprint density at radius 2 is 1.89 bits per heavy atom. The van der Waals surface area contributed by atoms with Crippen LogP contribution in [0, 0.1) is 0 Å². The van der Waals surface area contributed by atoms with Gasteiger partial charge in [0.1, 0.15) is 11.4 Å². The zero-order valence-corrected chi connectivity index (χ0v) is 19.5. The third-order valence-electron chi connectivity index (χ3n) is 4.79. The maximum absolute atomic E-state index is 13.0. The fourth-order valence-electron chi connectivity index (χ4n) is 3.18. The first-order valence-corrected chi connectivity index (χ1v) is 10.9. The number of hydrogen-bond acceptors (Lipinski definition) is 10. The number of hydrogen-bond donors (Lipinski definition) is 3. The van der Waals surface area contributed by atoms with E-state index < -0.39 is 5.91 Å². The van der Waals surface area contributed by atoms with Crippen LogP contribution in [0.3, 0.4) is 0 Å². The second kappa shape index (κ2) is 10.9. The van der Waals surface area contributed by atoms with Gasteiger partial charge in [-0.2, -0.15) is 9.78 Å². The maximum atomic E-state index is 13.0. The van der Waals surface area contributed by atoms with Crippen molar-refractivity contribution in [3.63, 3.8) is 0 Å². The Morgan fingerprint density at radius 1 is 1.14 bits per heavy atom. The Kier molecular flexibility index (Phi) is 7.29. The molecule has 0 saturated carbocycles. The predicted molar refractivity (Wildman–Crippen MR) is 131 cm³/mol. The molecule has 4 aromatic rings. The van der Waals surface area contributed by atoms with Crippen LogP contribution in [0.25, 0.3) is 17.1 Å². The number of nitrogens with two attached hydrogens (primary N) is 1. The topological polar surface area (TPSA) is 175 Å².